The van der Waals surface area contributed by atoms with Crippen molar-refractivity contribution in [1.29, 1.82) is 0 Å². The first-order valence-electron chi connectivity index (χ1n) is 6.44. The van der Waals surface area contributed by atoms with Crippen molar-refractivity contribution in [3.63, 3.8) is 0 Å². The van der Waals surface area contributed by atoms with Crippen molar-refractivity contribution in [2.24, 2.45) is 11.8 Å². The predicted octanol–water partition coefficient (Wildman–Crippen LogP) is 2.93. The van der Waals surface area contributed by atoms with E-state index in [-0.39, 0.29) is 0 Å². The van der Waals surface area contributed by atoms with Gasteiger partial charge < -0.3 is 0 Å². The number of hydrazine groups is 1. The third-order valence-electron chi connectivity index (χ3n) is 4.10. The summed E-state index contributed by atoms with van der Waals surface area (Å²) in [6, 6.07) is 2.80. The van der Waals surface area contributed by atoms with Crippen LogP contribution in [0.15, 0.2) is 6.07 Å². The van der Waals surface area contributed by atoms with Crippen molar-refractivity contribution in [2.75, 3.05) is 0 Å². The van der Waals surface area contributed by atoms with Gasteiger partial charge in [0.15, 0.2) is 0 Å². The molecule has 0 bridgehead atoms. The Bertz CT molecular complexity index is 347. The first-order valence-corrected chi connectivity index (χ1v) is 7.26. The molecule has 3 rings (SSSR count). The SMILES string of the molecule is NNC(CC1CCC1)c1cc2c(s1)CCC2. The van der Waals surface area contributed by atoms with Crippen LogP contribution in [0.25, 0.3) is 0 Å². The summed E-state index contributed by atoms with van der Waals surface area (Å²) < 4.78 is 0. The highest BCUT2D eigenvalue weighted by Gasteiger charge is 2.25. The van der Waals surface area contributed by atoms with E-state index in [9.17, 15) is 0 Å². The van der Waals surface area contributed by atoms with Gasteiger partial charge in [-0.15, -0.1) is 11.3 Å². The first kappa shape index (κ1) is 10.8. The smallest absolute Gasteiger partial charge is 0.0556 e. The molecule has 0 spiro atoms. The van der Waals surface area contributed by atoms with Gasteiger partial charge in [-0.2, -0.15) is 0 Å². The van der Waals surface area contributed by atoms with Crippen LogP contribution in [0.3, 0.4) is 0 Å². The average Bonchev–Trinajstić information content (AvgIpc) is 2.76. The molecule has 1 unspecified atom stereocenters. The minimum atomic E-state index is 0.404. The highest BCUT2D eigenvalue weighted by Crippen LogP contribution is 2.39. The molecule has 3 N–H and O–H groups in total. The molecule has 0 amide bonds. The van der Waals surface area contributed by atoms with Gasteiger partial charge in [-0.1, -0.05) is 19.3 Å². The van der Waals surface area contributed by atoms with E-state index in [1.807, 2.05) is 11.3 Å². The second-order valence-electron chi connectivity index (χ2n) is 5.20. The first-order chi connectivity index (χ1) is 7.86. The highest BCUT2D eigenvalue weighted by molar-refractivity contribution is 7.12. The second kappa shape index (κ2) is 4.47. The van der Waals surface area contributed by atoms with Gasteiger partial charge in [0.2, 0.25) is 0 Å². The molecular weight excluding hydrogens is 216 g/mol. The summed E-state index contributed by atoms with van der Waals surface area (Å²) in [6.07, 6.45) is 9.39. The molecule has 3 heteroatoms. The summed E-state index contributed by atoms with van der Waals surface area (Å²) in [5.41, 5.74) is 4.61. The average molecular weight is 236 g/mol. The zero-order chi connectivity index (χ0) is 11.0. The van der Waals surface area contributed by atoms with E-state index in [0.717, 1.165) is 5.92 Å². The quantitative estimate of drug-likeness (QED) is 0.623. The zero-order valence-corrected chi connectivity index (χ0v) is 10.5. The molecule has 2 aliphatic rings. The Labute approximate surface area is 101 Å². The Morgan fingerprint density at radius 1 is 1.38 bits per heavy atom. The number of nitrogens with two attached hydrogens (primary N) is 1. The molecule has 1 aromatic rings. The zero-order valence-electron chi connectivity index (χ0n) is 9.67. The summed E-state index contributed by atoms with van der Waals surface area (Å²) in [5.74, 6) is 6.62. The summed E-state index contributed by atoms with van der Waals surface area (Å²) >= 11 is 1.99. The fourth-order valence-corrected chi connectivity index (χ4v) is 4.18. The second-order valence-corrected chi connectivity index (χ2v) is 6.37. The van der Waals surface area contributed by atoms with Crippen molar-refractivity contribution in [2.45, 2.75) is 51.0 Å². The molecule has 2 aliphatic carbocycles. The lowest BCUT2D eigenvalue weighted by molar-refractivity contribution is 0.263. The Balaban J connectivity index is 1.72. The van der Waals surface area contributed by atoms with E-state index < -0.39 is 0 Å². The molecule has 16 heavy (non-hydrogen) atoms. The summed E-state index contributed by atoms with van der Waals surface area (Å²) in [7, 11) is 0. The molecule has 1 saturated carbocycles. The van der Waals surface area contributed by atoms with E-state index in [1.54, 1.807) is 10.4 Å². The summed E-state index contributed by atoms with van der Waals surface area (Å²) in [4.78, 5) is 3.09. The molecule has 1 aromatic heterocycles. The maximum absolute atomic E-state index is 5.71. The molecule has 0 aromatic carbocycles. The molecule has 0 aliphatic heterocycles. The van der Waals surface area contributed by atoms with Gasteiger partial charge in [-0.05, 0) is 43.2 Å². The van der Waals surface area contributed by atoms with Gasteiger partial charge >= 0.3 is 0 Å². The Hall–Kier alpha value is -0.380. The van der Waals surface area contributed by atoms with Crippen LogP contribution in [0.4, 0.5) is 0 Å². The lowest BCUT2D eigenvalue weighted by atomic mass is 9.80. The monoisotopic (exact) mass is 236 g/mol. The molecule has 1 atom stereocenters. The molecule has 1 heterocycles. The van der Waals surface area contributed by atoms with Crippen LogP contribution in [-0.4, -0.2) is 0 Å². The Kier molecular flexibility index (Phi) is 3.01. The van der Waals surface area contributed by atoms with Gasteiger partial charge in [-0.25, -0.2) is 0 Å². The third kappa shape index (κ3) is 1.92. The number of aryl methyl sites for hydroxylation is 2. The van der Waals surface area contributed by atoms with Gasteiger partial charge in [-0.3, -0.25) is 11.3 Å². The van der Waals surface area contributed by atoms with Crippen molar-refractivity contribution in [1.82, 2.24) is 5.43 Å². The standard InChI is InChI=1S/C13H20N2S/c14-15-11(7-9-3-1-4-9)13-8-10-5-2-6-12(10)16-13/h8-9,11,15H,1-7,14H2. The van der Waals surface area contributed by atoms with E-state index in [1.165, 1.54) is 49.8 Å². The van der Waals surface area contributed by atoms with E-state index >= 15 is 0 Å². The fraction of sp³-hybridized carbons (Fsp3) is 0.692. The Morgan fingerprint density at radius 3 is 2.88 bits per heavy atom. The minimum absolute atomic E-state index is 0.404. The topological polar surface area (TPSA) is 38.0 Å². The number of thiophene rings is 1. The van der Waals surface area contributed by atoms with Crippen LogP contribution in [0.5, 0.6) is 0 Å². The van der Waals surface area contributed by atoms with Crippen molar-refractivity contribution < 1.29 is 0 Å². The van der Waals surface area contributed by atoms with Crippen LogP contribution in [-0.2, 0) is 12.8 Å². The van der Waals surface area contributed by atoms with E-state index in [2.05, 4.69) is 11.5 Å². The van der Waals surface area contributed by atoms with Crippen LogP contribution in [0, 0.1) is 5.92 Å². The van der Waals surface area contributed by atoms with Crippen molar-refractivity contribution in [3.05, 3.63) is 21.4 Å². The van der Waals surface area contributed by atoms with Crippen LogP contribution in [0.2, 0.25) is 0 Å². The summed E-state index contributed by atoms with van der Waals surface area (Å²) in [6.45, 7) is 0. The van der Waals surface area contributed by atoms with Gasteiger partial charge in [0.25, 0.3) is 0 Å². The number of fused-ring (bicyclic) bond motifs is 1. The minimum Gasteiger partial charge on any atom is -0.271 e. The van der Waals surface area contributed by atoms with E-state index in [0.29, 0.717) is 6.04 Å². The third-order valence-corrected chi connectivity index (χ3v) is 5.45. The van der Waals surface area contributed by atoms with Crippen molar-refractivity contribution >= 4 is 11.3 Å². The number of nitrogens with one attached hydrogen (secondary N) is 1. The van der Waals surface area contributed by atoms with Crippen molar-refractivity contribution in [3.8, 4) is 0 Å². The normalized spacial score (nSPS) is 21.8. The largest absolute Gasteiger partial charge is 0.271 e. The molecule has 0 radical (unpaired) electrons. The molecule has 2 nitrogen and oxygen atoms in total. The molecule has 0 saturated heterocycles. The van der Waals surface area contributed by atoms with Gasteiger partial charge in [0.1, 0.15) is 0 Å². The highest BCUT2D eigenvalue weighted by atomic mass is 32.1. The molecule has 1 fully saturated rings. The summed E-state index contributed by atoms with van der Waals surface area (Å²) in [5, 5.41) is 0. The molecule has 88 valence electrons. The maximum Gasteiger partial charge on any atom is 0.0556 e. The lowest BCUT2D eigenvalue weighted by Gasteiger charge is -2.29. The number of hydrogen-bond donors (Lipinski definition) is 2. The number of hydrogen-bond acceptors (Lipinski definition) is 3. The lowest BCUT2D eigenvalue weighted by Crippen LogP contribution is -2.30. The predicted molar refractivity (Wildman–Crippen MR) is 68.4 cm³/mol. The number of rotatable bonds is 4. The van der Waals surface area contributed by atoms with Gasteiger partial charge in [0, 0.05) is 9.75 Å². The van der Waals surface area contributed by atoms with Crippen LogP contribution >= 0.6 is 11.3 Å². The maximum atomic E-state index is 5.71. The fourth-order valence-electron chi connectivity index (χ4n) is 2.85. The van der Waals surface area contributed by atoms with Crippen LogP contribution < -0.4 is 11.3 Å². The van der Waals surface area contributed by atoms with E-state index in [4.69, 9.17) is 5.84 Å². The van der Waals surface area contributed by atoms with Crippen LogP contribution in [0.1, 0.15) is 53.5 Å². The molecular formula is C13H20N2S. The Morgan fingerprint density at radius 2 is 2.25 bits per heavy atom. The van der Waals surface area contributed by atoms with Gasteiger partial charge in [0.05, 0.1) is 6.04 Å².